The molecule has 1 aromatic carbocycles. The highest BCUT2D eigenvalue weighted by Crippen LogP contribution is 2.38. The highest BCUT2D eigenvalue weighted by molar-refractivity contribution is 5.87. The molecule has 1 aliphatic carbocycles. The number of alkyl halides is 3. The van der Waals surface area contributed by atoms with E-state index in [1.807, 2.05) is 0 Å². The van der Waals surface area contributed by atoms with Gasteiger partial charge in [0.1, 0.15) is 5.78 Å². The second-order valence-corrected chi connectivity index (χ2v) is 5.31. The number of benzene rings is 1. The largest absolute Gasteiger partial charge is 0.481 e. The summed E-state index contributed by atoms with van der Waals surface area (Å²) in [7, 11) is 0. The van der Waals surface area contributed by atoms with Crippen molar-refractivity contribution in [2.45, 2.75) is 37.8 Å². The van der Waals surface area contributed by atoms with Crippen LogP contribution in [0.4, 0.5) is 13.2 Å². The first kappa shape index (κ1) is 15.5. The molecule has 2 rings (SSSR count). The zero-order chi connectivity index (χ0) is 15.6. The fourth-order valence-corrected chi connectivity index (χ4v) is 2.91. The van der Waals surface area contributed by atoms with Crippen LogP contribution in [0.5, 0.6) is 0 Å². The summed E-state index contributed by atoms with van der Waals surface area (Å²) in [4.78, 5) is 22.9. The molecule has 114 valence electrons. The van der Waals surface area contributed by atoms with E-state index in [2.05, 4.69) is 0 Å². The summed E-state index contributed by atoms with van der Waals surface area (Å²) in [6.07, 6.45) is -2.98. The number of hydrogen-bond donors (Lipinski definition) is 1. The van der Waals surface area contributed by atoms with E-state index >= 15 is 0 Å². The SMILES string of the molecule is O=C(O)C[C@H]1CCCC(=O)[C@@H]1c1ccc(C(F)(F)F)cc1. The summed E-state index contributed by atoms with van der Waals surface area (Å²) in [5, 5.41) is 8.91. The number of Topliss-reactive ketones (excluding diaryl/α,β-unsaturated/α-hetero) is 1. The van der Waals surface area contributed by atoms with Gasteiger partial charge in [0, 0.05) is 18.8 Å². The molecule has 21 heavy (non-hydrogen) atoms. The Bertz CT molecular complexity index is 534. The zero-order valence-electron chi connectivity index (χ0n) is 11.2. The molecular weight excluding hydrogens is 285 g/mol. The Labute approximate surface area is 119 Å². The van der Waals surface area contributed by atoms with Gasteiger partial charge in [0.05, 0.1) is 5.56 Å². The third-order valence-corrected chi connectivity index (χ3v) is 3.85. The number of halogens is 3. The first-order chi connectivity index (χ1) is 9.79. The number of aliphatic carboxylic acids is 1. The molecule has 0 amide bonds. The van der Waals surface area contributed by atoms with Crippen molar-refractivity contribution >= 4 is 11.8 Å². The summed E-state index contributed by atoms with van der Waals surface area (Å²) < 4.78 is 37.6. The number of carbonyl (C=O) groups is 2. The van der Waals surface area contributed by atoms with Gasteiger partial charge in [0.2, 0.25) is 0 Å². The molecule has 1 N–H and O–H groups in total. The van der Waals surface area contributed by atoms with Crippen molar-refractivity contribution in [1.29, 1.82) is 0 Å². The average Bonchev–Trinajstić information content (AvgIpc) is 2.37. The summed E-state index contributed by atoms with van der Waals surface area (Å²) in [6, 6.07) is 4.45. The minimum absolute atomic E-state index is 0.0905. The molecule has 3 nitrogen and oxygen atoms in total. The molecule has 1 fully saturated rings. The van der Waals surface area contributed by atoms with E-state index in [0.717, 1.165) is 12.1 Å². The smallest absolute Gasteiger partial charge is 0.416 e. The Morgan fingerprint density at radius 2 is 1.86 bits per heavy atom. The Morgan fingerprint density at radius 3 is 2.38 bits per heavy atom. The molecule has 0 heterocycles. The molecule has 0 spiro atoms. The van der Waals surface area contributed by atoms with Crippen molar-refractivity contribution in [3.8, 4) is 0 Å². The molecule has 0 unspecified atom stereocenters. The summed E-state index contributed by atoms with van der Waals surface area (Å²) in [5.74, 6) is -2.04. The van der Waals surface area contributed by atoms with Crippen LogP contribution < -0.4 is 0 Å². The van der Waals surface area contributed by atoms with Crippen molar-refractivity contribution in [3.05, 3.63) is 35.4 Å². The van der Waals surface area contributed by atoms with Gasteiger partial charge in [-0.15, -0.1) is 0 Å². The van der Waals surface area contributed by atoms with Gasteiger partial charge in [-0.1, -0.05) is 12.1 Å². The molecule has 2 atom stereocenters. The average molecular weight is 300 g/mol. The first-order valence-corrected chi connectivity index (χ1v) is 6.70. The van der Waals surface area contributed by atoms with Gasteiger partial charge >= 0.3 is 12.1 Å². The maximum Gasteiger partial charge on any atom is 0.416 e. The van der Waals surface area contributed by atoms with E-state index in [1.165, 1.54) is 12.1 Å². The van der Waals surface area contributed by atoms with Crippen LogP contribution in [0.3, 0.4) is 0 Å². The lowest BCUT2D eigenvalue weighted by Crippen LogP contribution is -2.28. The van der Waals surface area contributed by atoms with Crippen molar-refractivity contribution < 1.29 is 27.9 Å². The monoisotopic (exact) mass is 300 g/mol. The molecule has 0 radical (unpaired) electrons. The summed E-state index contributed by atoms with van der Waals surface area (Å²) in [6.45, 7) is 0. The summed E-state index contributed by atoms with van der Waals surface area (Å²) in [5.41, 5.74) is -0.303. The Kier molecular flexibility index (Phi) is 4.34. The quantitative estimate of drug-likeness (QED) is 0.927. The second kappa shape index (κ2) is 5.87. The standard InChI is InChI=1S/C15H15F3O3/c16-15(17,18)11-6-4-9(5-7-11)14-10(8-13(20)21)2-1-3-12(14)19/h4-7,10,14H,1-3,8H2,(H,20,21)/t10-,14-/m1/s1. The normalized spacial score (nSPS) is 23.1. The lowest BCUT2D eigenvalue weighted by Gasteiger charge is -2.29. The van der Waals surface area contributed by atoms with Crippen LogP contribution in [0, 0.1) is 5.92 Å². The van der Waals surface area contributed by atoms with Crippen LogP contribution in [0.25, 0.3) is 0 Å². The molecule has 1 aromatic rings. The number of ketones is 1. The van der Waals surface area contributed by atoms with E-state index in [1.54, 1.807) is 0 Å². The topological polar surface area (TPSA) is 54.4 Å². The number of carboxylic acid groups (broad SMARTS) is 1. The highest BCUT2D eigenvalue weighted by Gasteiger charge is 2.35. The zero-order valence-corrected chi connectivity index (χ0v) is 11.2. The van der Waals surface area contributed by atoms with Crippen LogP contribution >= 0.6 is 0 Å². The Balaban J connectivity index is 2.27. The fraction of sp³-hybridized carbons (Fsp3) is 0.467. The number of rotatable bonds is 3. The number of hydrogen-bond acceptors (Lipinski definition) is 2. The van der Waals surface area contributed by atoms with Crippen molar-refractivity contribution in [1.82, 2.24) is 0 Å². The second-order valence-electron chi connectivity index (χ2n) is 5.31. The van der Waals surface area contributed by atoms with Crippen molar-refractivity contribution in [2.24, 2.45) is 5.92 Å². The predicted molar refractivity (Wildman–Crippen MR) is 68.8 cm³/mol. The van der Waals surface area contributed by atoms with Gasteiger partial charge in [0.25, 0.3) is 0 Å². The third-order valence-electron chi connectivity index (χ3n) is 3.85. The maximum atomic E-state index is 12.5. The number of carboxylic acids is 1. The van der Waals surface area contributed by atoms with Crippen LogP contribution in [0.15, 0.2) is 24.3 Å². The van der Waals surface area contributed by atoms with Crippen molar-refractivity contribution in [3.63, 3.8) is 0 Å². The van der Waals surface area contributed by atoms with Crippen LogP contribution in [-0.4, -0.2) is 16.9 Å². The molecular formula is C15H15F3O3. The van der Waals surface area contributed by atoms with E-state index in [9.17, 15) is 22.8 Å². The third kappa shape index (κ3) is 3.62. The highest BCUT2D eigenvalue weighted by atomic mass is 19.4. The molecule has 1 saturated carbocycles. The van der Waals surface area contributed by atoms with Gasteiger partial charge in [-0.05, 0) is 36.5 Å². The van der Waals surface area contributed by atoms with E-state index in [-0.39, 0.29) is 18.1 Å². The lowest BCUT2D eigenvalue weighted by molar-refractivity contribution is -0.139. The van der Waals surface area contributed by atoms with E-state index < -0.39 is 23.6 Å². The van der Waals surface area contributed by atoms with Gasteiger partial charge < -0.3 is 5.11 Å². The molecule has 0 bridgehead atoms. The van der Waals surface area contributed by atoms with Gasteiger partial charge in [-0.3, -0.25) is 9.59 Å². The molecule has 1 aliphatic rings. The van der Waals surface area contributed by atoms with E-state index in [4.69, 9.17) is 5.11 Å². The van der Waals surface area contributed by atoms with Crippen molar-refractivity contribution in [2.75, 3.05) is 0 Å². The van der Waals surface area contributed by atoms with E-state index in [0.29, 0.717) is 24.8 Å². The van der Waals surface area contributed by atoms with Gasteiger partial charge in [-0.2, -0.15) is 13.2 Å². The Hall–Kier alpha value is -1.85. The minimum Gasteiger partial charge on any atom is -0.481 e. The molecule has 6 heteroatoms. The van der Waals surface area contributed by atoms with Crippen LogP contribution in [-0.2, 0) is 15.8 Å². The molecule has 0 saturated heterocycles. The Morgan fingerprint density at radius 1 is 1.24 bits per heavy atom. The molecule has 0 aliphatic heterocycles. The van der Waals surface area contributed by atoms with Gasteiger partial charge in [0.15, 0.2) is 0 Å². The maximum absolute atomic E-state index is 12.5. The fourth-order valence-electron chi connectivity index (χ4n) is 2.91. The van der Waals surface area contributed by atoms with Gasteiger partial charge in [-0.25, -0.2) is 0 Å². The first-order valence-electron chi connectivity index (χ1n) is 6.70. The van der Waals surface area contributed by atoms with Crippen LogP contribution in [0.2, 0.25) is 0 Å². The lowest BCUT2D eigenvalue weighted by atomic mass is 9.73. The summed E-state index contributed by atoms with van der Waals surface area (Å²) >= 11 is 0. The molecule has 0 aromatic heterocycles. The predicted octanol–water partition coefficient (Wildman–Crippen LogP) is 3.63. The minimum atomic E-state index is -4.42. The number of carbonyl (C=O) groups excluding carboxylic acids is 1. The van der Waals surface area contributed by atoms with Crippen LogP contribution in [0.1, 0.15) is 42.7 Å².